The Hall–Kier alpha value is -1.88. The fourth-order valence-electron chi connectivity index (χ4n) is 6.00. The minimum absolute atomic E-state index is 0.000311. The Morgan fingerprint density at radius 3 is 1.82 bits per heavy atom. The van der Waals surface area contributed by atoms with Crippen LogP contribution in [0.5, 0.6) is 0 Å². The Bertz CT molecular complexity index is 952. The number of carbonyl (C=O) groups is 3. The van der Waals surface area contributed by atoms with E-state index < -0.39 is 6.10 Å². The SMILES string of the molecule is COC(=O)CCCSCCN1C(=O)CCC[C@@H]1/C=C/C(O)CCC1CC1.O=C1CCC[C@H](/C=C/C(O)CCC2CC2)N1CCO. The van der Waals surface area contributed by atoms with E-state index in [1.54, 1.807) is 16.7 Å². The molecule has 0 spiro atoms. The van der Waals surface area contributed by atoms with Crippen molar-refractivity contribution in [3.63, 3.8) is 0 Å². The number of amides is 2. The Balaban J connectivity index is 0.000000257. The summed E-state index contributed by atoms with van der Waals surface area (Å²) in [5, 5.41) is 29.0. The van der Waals surface area contributed by atoms with Crippen molar-refractivity contribution < 1.29 is 34.4 Å². The molecular formula is C35H58N2O7S. The number of piperidine rings is 2. The first kappa shape index (κ1) is 37.6. The molecule has 10 heteroatoms. The first-order valence-electron chi connectivity index (χ1n) is 17.4. The molecule has 2 heterocycles. The number of carbonyl (C=O) groups excluding carboxylic acids is 3. The number of ether oxygens (including phenoxy) is 1. The lowest BCUT2D eigenvalue weighted by molar-refractivity contribution is -0.140. The number of rotatable bonds is 19. The zero-order chi connectivity index (χ0) is 32.4. The first-order valence-corrected chi connectivity index (χ1v) is 18.5. The number of nitrogens with zero attached hydrogens (tertiary/aromatic N) is 2. The van der Waals surface area contributed by atoms with Crippen LogP contribution >= 0.6 is 11.8 Å². The zero-order valence-corrected chi connectivity index (χ0v) is 28.2. The van der Waals surface area contributed by atoms with Gasteiger partial charge in [0.2, 0.25) is 11.8 Å². The maximum atomic E-state index is 12.3. The van der Waals surface area contributed by atoms with E-state index >= 15 is 0 Å². The molecule has 0 radical (unpaired) electrons. The number of thioether (sulfide) groups is 1. The molecule has 0 aromatic rings. The van der Waals surface area contributed by atoms with Gasteiger partial charge in [-0.15, -0.1) is 0 Å². The smallest absolute Gasteiger partial charge is 0.305 e. The highest BCUT2D eigenvalue weighted by Crippen LogP contribution is 2.34. The molecule has 256 valence electrons. The summed E-state index contributed by atoms with van der Waals surface area (Å²) in [6.45, 7) is 1.13. The number of hydrogen-bond acceptors (Lipinski definition) is 8. The van der Waals surface area contributed by atoms with Gasteiger partial charge in [-0.25, -0.2) is 0 Å². The fourth-order valence-corrected chi connectivity index (χ4v) is 6.88. The second kappa shape index (κ2) is 21.1. The average Bonchev–Trinajstić information content (AvgIpc) is 3.97. The van der Waals surface area contributed by atoms with E-state index in [0.717, 1.165) is 87.7 Å². The quantitative estimate of drug-likeness (QED) is 0.105. The zero-order valence-electron chi connectivity index (χ0n) is 27.4. The van der Waals surface area contributed by atoms with Crippen molar-refractivity contribution in [1.82, 2.24) is 9.80 Å². The van der Waals surface area contributed by atoms with Crippen LogP contribution in [-0.2, 0) is 19.1 Å². The third-order valence-electron chi connectivity index (χ3n) is 9.18. The second-order valence-corrected chi connectivity index (χ2v) is 14.3. The molecule has 2 aliphatic carbocycles. The average molecular weight is 651 g/mol. The molecule has 2 amide bonds. The van der Waals surface area contributed by atoms with Crippen molar-refractivity contribution in [3.8, 4) is 0 Å². The summed E-state index contributed by atoms with van der Waals surface area (Å²) in [6.07, 6.45) is 22.3. The standard InChI is InChI=1S/C20H33NO4S.C15H25NO3/c1-25-20(24)6-3-14-26-15-13-21-17(4-2-5-19(21)23)10-12-18(22)11-9-16-7-8-16;17-11-10-16-13(2-1-3-15(16)19)7-9-14(18)8-6-12-4-5-12/h10,12,16-18,22H,2-9,11,13-15H2,1H3;7,9,12-14,17-18H,1-6,8,10-11H2/b12-10+;9-7+/t17-,18?;13-,14?/m11/s1. The summed E-state index contributed by atoms with van der Waals surface area (Å²) in [7, 11) is 1.41. The number of hydrogen-bond donors (Lipinski definition) is 3. The van der Waals surface area contributed by atoms with Gasteiger partial charge in [0.1, 0.15) is 0 Å². The number of aliphatic hydroxyl groups excluding tert-OH is 3. The molecule has 2 saturated heterocycles. The van der Waals surface area contributed by atoms with Crippen molar-refractivity contribution in [2.24, 2.45) is 11.8 Å². The van der Waals surface area contributed by atoms with Crippen LogP contribution in [0.15, 0.2) is 24.3 Å². The topological polar surface area (TPSA) is 128 Å². The minimum atomic E-state index is -0.395. The van der Waals surface area contributed by atoms with Crippen LogP contribution in [-0.4, -0.2) is 106 Å². The van der Waals surface area contributed by atoms with E-state index in [1.165, 1.54) is 32.8 Å². The Kier molecular flexibility index (Phi) is 17.6. The molecule has 4 fully saturated rings. The molecule has 3 N–H and O–H groups in total. The Morgan fingerprint density at radius 1 is 0.844 bits per heavy atom. The molecule has 4 rings (SSSR count). The van der Waals surface area contributed by atoms with Crippen LogP contribution in [0.3, 0.4) is 0 Å². The predicted octanol–water partition coefficient (Wildman–Crippen LogP) is 4.63. The molecule has 2 aliphatic heterocycles. The maximum Gasteiger partial charge on any atom is 0.305 e. The molecular weight excluding hydrogens is 592 g/mol. The van der Waals surface area contributed by atoms with Crippen molar-refractivity contribution in [1.29, 1.82) is 0 Å². The van der Waals surface area contributed by atoms with E-state index in [-0.39, 0.29) is 42.6 Å². The van der Waals surface area contributed by atoms with Crippen LogP contribution in [0.2, 0.25) is 0 Å². The summed E-state index contributed by atoms with van der Waals surface area (Å²) in [5.74, 6) is 3.62. The van der Waals surface area contributed by atoms with Crippen molar-refractivity contribution in [2.75, 3.05) is 38.3 Å². The van der Waals surface area contributed by atoms with Crippen LogP contribution in [0, 0.1) is 11.8 Å². The van der Waals surface area contributed by atoms with Gasteiger partial charge in [-0.3, -0.25) is 14.4 Å². The lowest BCUT2D eigenvalue weighted by Gasteiger charge is -2.34. The number of β-amino-alcohol motifs (C(OH)–C–C–N with tert-alkyl or cyclic N) is 1. The monoisotopic (exact) mass is 650 g/mol. The Labute approximate surface area is 274 Å². The van der Waals surface area contributed by atoms with Crippen LogP contribution in [0.1, 0.15) is 103 Å². The summed E-state index contributed by atoms with van der Waals surface area (Å²) >= 11 is 1.77. The van der Waals surface area contributed by atoms with Gasteiger partial charge in [0, 0.05) is 38.1 Å². The molecule has 45 heavy (non-hydrogen) atoms. The normalized spacial score (nSPS) is 23.7. The predicted molar refractivity (Wildman–Crippen MR) is 179 cm³/mol. The molecule has 0 aromatic carbocycles. The molecule has 0 aromatic heterocycles. The van der Waals surface area contributed by atoms with Gasteiger partial charge in [0.05, 0.1) is 38.0 Å². The van der Waals surface area contributed by atoms with Gasteiger partial charge in [0.15, 0.2) is 0 Å². The Morgan fingerprint density at radius 2 is 1.36 bits per heavy atom. The number of likely N-dealkylation sites (tertiary alicyclic amines) is 2. The van der Waals surface area contributed by atoms with Gasteiger partial charge >= 0.3 is 5.97 Å². The number of esters is 1. The number of aliphatic hydroxyl groups is 3. The summed E-state index contributed by atoms with van der Waals surface area (Å²) in [6, 6.07) is 0.159. The second-order valence-electron chi connectivity index (χ2n) is 13.1. The van der Waals surface area contributed by atoms with E-state index in [0.29, 0.717) is 25.8 Å². The van der Waals surface area contributed by atoms with Crippen molar-refractivity contribution >= 4 is 29.5 Å². The number of methoxy groups -OCH3 is 1. The van der Waals surface area contributed by atoms with Gasteiger partial charge in [-0.05, 0) is 75.4 Å². The van der Waals surface area contributed by atoms with Gasteiger partial charge in [-0.2, -0.15) is 11.8 Å². The largest absolute Gasteiger partial charge is 0.469 e. The van der Waals surface area contributed by atoms with Gasteiger partial charge in [0.25, 0.3) is 0 Å². The van der Waals surface area contributed by atoms with Crippen molar-refractivity contribution in [2.45, 2.75) is 127 Å². The highest BCUT2D eigenvalue weighted by Gasteiger charge is 2.27. The minimum Gasteiger partial charge on any atom is -0.469 e. The molecule has 0 bridgehead atoms. The fraction of sp³-hybridized carbons (Fsp3) is 0.800. The van der Waals surface area contributed by atoms with E-state index in [2.05, 4.69) is 4.74 Å². The lowest BCUT2D eigenvalue weighted by atomic mass is 10.00. The molecule has 2 unspecified atom stereocenters. The van der Waals surface area contributed by atoms with Crippen LogP contribution in [0.4, 0.5) is 0 Å². The van der Waals surface area contributed by atoms with Crippen molar-refractivity contribution in [3.05, 3.63) is 24.3 Å². The molecule has 9 nitrogen and oxygen atoms in total. The summed E-state index contributed by atoms with van der Waals surface area (Å²) < 4.78 is 4.63. The maximum absolute atomic E-state index is 12.3. The molecule has 2 saturated carbocycles. The van der Waals surface area contributed by atoms with E-state index in [9.17, 15) is 24.6 Å². The summed E-state index contributed by atoms with van der Waals surface area (Å²) in [4.78, 5) is 38.8. The summed E-state index contributed by atoms with van der Waals surface area (Å²) in [5.41, 5.74) is 0. The van der Waals surface area contributed by atoms with E-state index in [4.69, 9.17) is 5.11 Å². The third-order valence-corrected chi connectivity index (χ3v) is 10.2. The highest BCUT2D eigenvalue weighted by molar-refractivity contribution is 7.99. The lowest BCUT2D eigenvalue weighted by Crippen LogP contribution is -2.44. The van der Waals surface area contributed by atoms with Gasteiger partial charge < -0.3 is 29.9 Å². The first-order chi connectivity index (χ1) is 21.8. The third kappa shape index (κ3) is 15.5. The van der Waals surface area contributed by atoms with Gasteiger partial charge in [-0.1, -0.05) is 50.0 Å². The van der Waals surface area contributed by atoms with Crippen LogP contribution < -0.4 is 0 Å². The highest BCUT2D eigenvalue weighted by atomic mass is 32.2. The van der Waals surface area contributed by atoms with E-state index in [1.807, 2.05) is 29.2 Å². The molecule has 4 aliphatic rings. The van der Waals surface area contributed by atoms with Crippen LogP contribution in [0.25, 0.3) is 0 Å². The molecule has 4 atom stereocenters.